The number of aryl methyl sites for hydroxylation is 1. The highest BCUT2D eigenvalue weighted by Gasteiger charge is 2.20. The first-order valence-electron chi connectivity index (χ1n) is 5.67. The molecule has 0 saturated heterocycles. The molecule has 0 aliphatic carbocycles. The molecule has 98 valence electrons. The predicted octanol–water partition coefficient (Wildman–Crippen LogP) is 2.56. The van der Waals surface area contributed by atoms with Crippen molar-refractivity contribution in [3.63, 3.8) is 0 Å². The summed E-state index contributed by atoms with van der Waals surface area (Å²) in [5.74, 6) is -1.16. The van der Waals surface area contributed by atoms with Crippen molar-refractivity contribution in [3.8, 4) is 0 Å². The highest BCUT2D eigenvalue weighted by molar-refractivity contribution is 9.10. The molecule has 0 aliphatic heterocycles. The molecule has 0 aliphatic rings. The Morgan fingerprint density at radius 3 is 2.44 bits per heavy atom. The van der Waals surface area contributed by atoms with E-state index in [2.05, 4.69) is 21.2 Å². The quantitative estimate of drug-likeness (QED) is 0.853. The molecule has 1 aromatic carbocycles. The molecule has 0 heterocycles. The van der Waals surface area contributed by atoms with Gasteiger partial charge in [0.15, 0.2) is 0 Å². The summed E-state index contributed by atoms with van der Waals surface area (Å²) in [5.41, 5.74) is 1.67. The van der Waals surface area contributed by atoms with Crippen LogP contribution in [0.25, 0.3) is 0 Å². The molecule has 0 saturated carbocycles. The van der Waals surface area contributed by atoms with E-state index in [4.69, 9.17) is 0 Å². The molecule has 0 radical (unpaired) electrons. The molecule has 1 rings (SSSR count). The molecule has 0 spiro atoms. The summed E-state index contributed by atoms with van der Waals surface area (Å²) in [6, 6.07) is 5.40. The molecule has 0 unspecified atom stereocenters. The van der Waals surface area contributed by atoms with Gasteiger partial charge in [0.25, 0.3) is 0 Å². The highest BCUT2D eigenvalue weighted by Crippen LogP contribution is 2.20. The number of nitrogens with zero attached hydrogens (tertiary/aromatic N) is 1. The molecular formula is C13H17BrN2O2. The normalized spacial score (nSPS) is 10.3. The Morgan fingerprint density at radius 1 is 1.33 bits per heavy atom. The second-order valence-electron chi connectivity index (χ2n) is 4.43. The Morgan fingerprint density at radius 2 is 1.94 bits per heavy atom. The monoisotopic (exact) mass is 312 g/mol. The van der Waals surface area contributed by atoms with Crippen LogP contribution in [-0.2, 0) is 9.59 Å². The summed E-state index contributed by atoms with van der Waals surface area (Å²) in [5, 5.41) is 2.59. The second kappa shape index (κ2) is 6.00. The molecule has 1 N–H and O–H groups in total. The largest absolute Gasteiger partial charge is 0.335 e. The Balaban J connectivity index is 2.75. The second-order valence-corrected chi connectivity index (χ2v) is 5.28. The van der Waals surface area contributed by atoms with Gasteiger partial charge < -0.3 is 10.2 Å². The van der Waals surface area contributed by atoms with Gasteiger partial charge in [-0.25, -0.2) is 0 Å². The first kappa shape index (κ1) is 14.7. The Labute approximate surface area is 115 Å². The van der Waals surface area contributed by atoms with E-state index in [0.717, 1.165) is 10.0 Å². The van der Waals surface area contributed by atoms with Crippen LogP contribution in [0.15, 0.2) is 22.7 Å². The number of hydrogen-bond donors (Lipinski definition) is 1. The number of halogens is 1. The van der Waals surface area contributed by atoms with Crippen LogP contribution >= 0.6 is 15.9 Å². The van der Waals surface area contributed by atoms with Crippen molar-refractivity contribution in [1.82, 2.24) is 4.90 Å². The summed E-state index contributed by atoms with van der Waals surface area (Å²) < 4.78 is 0.893. The number of hydrogen-bond acceptors (Lipinski definition) is 2. The summed E-state index contributed by atoms with van der Waals surface area (Å²) in [7, 11) is 1.61. The zero-order chi connectivity index (χ0) is 13.9. The number of nitrogens with one attached hydrogen (secondary N) is 1. The van der Waals surface area contributed by atoms with E-state index in [9.17, 15) is 9.59 Å². The lowest BCUT2D eigenvalue weighted by Crippen LogP contribution is -2.40. The van der Waals surface area contributed by atoms with Gasteiger partial charge in [-0.05, 0) is 38.5 Å². The lowest BCUT2D eigenvalue weighted by atomic mass is 10.2. The van der Waals surface area contributed by atoms with Crippen molar-refractivity contribution in [3.05, 3.63) is 28.2 Å². The van der Waals surface area contributed by atoms with Gasteiger partial charge in [0, 0.05) is 23.2 Å². The third kappa shape index (κ3) is 3.57. The SMILES string of the molecule is Cc1ccc(NC(=O)C(=O)N(C)C(C)C)cc1Br. The Kier molecular flexibility index (Phi) is 4.90. The fourth-order valence-corrected chi connectivity index (χ4v) is 1.63. The molecular weight excluding hydrogens is 296 g/mol. The zero-order valence-electron chi connectivity index (χ0n) is 11.0. The minimum atomic E-state index is -0.623. The van der Waals surface area contributed by atoms with Crippen molar-refractivity contribution in [2.75, 3.05) is 12.4 Å². The maximum Gasteiger partial charge on any atom is 0.313 e. The first-order valence-corrected chi connectivity index (χ1v) is 6.46. The molecule has 5 heteroatoms. The zero-order valence-corrected chi connectivity index (χ0v) is 12.5. The average Bonchev–Trinajstić information content (AvgIpc) is 2.31. The van der Waals surface area contributed by atoms with Crippen LogP contribution < -0.4 is 5.32 Å². The topological polar surface area (TPSA) is 49.4 Å². The van der Waals surface area contributed by atoms with Gasteiger partial charge in [-0.3, -0.25) is 9.59 Å². The number of carbonyl (C=O) groups excluding carboxylic acids is 2. The molecule has 4 nitrogen and oxygen atoms in total. The predicted molar refractivity (Wildman–Crippen MR) is 75.4 cm³/mol. The maximum absolute atomic E-state index is 11.7. The van der Waals surface area contributed by atoms with Gasteiger partial charge >= 0.3 is 11.8 Å². The van der Waals surface area contributed by atoms with Crippen LogP contribution in [0.4, 0.5) is 5.69 Å². The summed E-state index contributed by atoms with van der Waals surface area (Å²) in [6.45, 7) is 5.66. The van der Waals surface area contributed by atoms with E-state index in [1.807, 2.05) is 26.8 Å². The molecule has 1 aromatic rings. The summed E-state index contributed by atoms with van der Waals surface area (Å²) in [6.07, 6.45) is 0. The van der Waals surface area contributed by atoms with Crippen molar-refractivity contribution in [2.45, 2.75) is 26.8 Å². The van der Waals surface area contributed by atoms with Crippen LogP contribution in [0.3, 0.4) is 0 Å². The third-order valence-corrected chi connectivity index (χ3v) is 3.57. The number of likely N-dealkylation sites (N-methyl/N-ethyl adjacent to an activating group) is 1. The lowest BCUT2D eigenvalue weighted by molar-refractivity contribution is -0.143. The van der Waals surface area contributed by atoms with Crippen LogP contribution in [0.2, 0.25) is 0 Å². The Hall–Kier alpha value is -1.36. The fourth-order valence-electron chi connectivity index (χ4n) is 1.25. The first-order chi connectivity index (χ1) is 8.32. The number of anilines is 1. The standard InChI is InChI=1S/C13H17BrN2O2/c1-8(2)16(4)13(18)12(17)15-10-6-5-9(3)11(14)7-10/h5-8H,1-4H3,(H,15,17). The van der Waals surface area contributed by atoms with Gasteiger partial charge in [-0.2, -0.15) is 0 Å². The van der Waals surface area contributed by atoms with E-state index in [1.54, 1.807) is 19.2 Å². The number of rotatable bonds is 2. The van der Waals surface area contributed by atoms with Crippen molar-refractivity contribution >= 4 is 33.4 Å². The third-order valence-electron chi connectivity index (χ3n) is 2.72. The number of benzene rings is 1. The molecule has 18 heavy (non-hydrogen) atoms. The fraction of sp³-hybridized carbons (Fsp3) is 0.385. The molecule has 0 fully saturated rings. The van der Waals surface area contributed by atoms with Gasteiger partial charge in [-0.1, -0.05) is 22.0 Å². The number of carbonyl (C=O) groups is 2. The molecule has 0 atom stereocenters. The van der Waals surface area contributed by atoms with Crippen LogP contribution in [0, 0.1) is 6.92 Å². The van der Waals surface area contributed by atoms with Gasteiger partial charge in [-0.15, -0.1) is 0 Å². The van der Waals surface area contributed by atoms with Crippen LogP contribution in [0.1, 0.15) is 19.4 Å². The molecule has 2 amide bonds. The molecule has 0 bridgehead atoms. The highest BCUT2D eigenvalue weighted by atomic mass is 79.9. The van der Waals surface area contributed by atoms with Crippen molar-refractivity contribution < 1.29 is 9.59 Å². The van der Waals surface area contributed by atoms with E-state index >= 15 is 0 Å². The van der Waals surface area contributed by atoms with Crippen molar-refractivity contribution in [1.29, 1.82) is 0 Å². The van der Waals surface area contributed by atoms with Gasteiger partial charge in [0.05, 0.1) is 0 Å². The minimum absolute atomic E-state index is 0.00648. The number of amides is 2. The smallest absolute Gasteiger partial charge is 0.313 e. The van der Waals surface area contributed by atoms with E-state index < -0.39 is 11.8 Å². The minimum Gasteiger partial charge on any atom is -0.335 e. The maximum atomic E-state index is 11.7. The van der Waals surface area contributed by atoms with Crippen molar-refractivity contribution in [2.24, 2.45) is 0 Å². The summed E-state index contributed by atoms with van der Waals surface area (Å²) in [4.78, 5) is 24.9. The van der Waals surface area contributed by atoms with E-state index in [0.29, 0.717) is 5.69 Å². The van der Waals surface area contributed by atoms with Gasteiger partial charge in [0.1, 0.15) is 0 Å². The average molecular weight is 313 g/mol. The molecule has 0 aromatic heterocycles. The van der Waals surface area contributed by atoms with Crippen LogP contribution in [-0.4, -0.2) is 29.8 Å². The lowest BCUT2D eigenvalue weighted by Gasteiger charge is -2.20. The van der Waals surface area contributed by atoms with E-state index in [1.165, 1.54) is 4.90 Å². The Bertz CT molecular complexity index is 472. The summed E-state index contributed by atoms with van der Waals surface area (Å²) >= 11 is 3.38. The van der Waals surface area contributed by atoms with Crippen LogP contribution in [0.5, 0.6) is 0 Å². The van der Waals surface area contributed by atoms with E-state index in [-0.39, 0.29) is 6.04 Å². The van der Waals surface area contributed by atoms with Gasteiger partial charge in [0.2, 0.25) is 0 Å².